The predicted molar refractivity (Wildman–Crippen MR) is 156 cm³/mol. The zero-order valence-electron chi connectivity index (χ0n) is 23.0. The highest BCUT2D eigenvalue weighted by Crippen LogP contribution is 2.42. The fourth-order valence-electron chi connectivity index (χ4n) is 8.54. The van der Waals surface area contributed by atoms with Gasteiger partial charge in [-0.2, -0.15) is 9.97 Å². The average molecular weight is 562 g/mol. The third kappa shape index (κ3) is 4.19. The van der Waals surface area contributed by atoms with Crippen LogP contribution >= 0.6 is 11.6 Å². The van der Waals surface area contributed by atoms with Crippen molar-refractivity contribution < 1.29 is 9.13 Å². The van der Waals surface area contributed by atoms with E-state index in [1.165, 1.54) is 68.9 Å². The van der Waals surface area contributed by atoms with Crippen molar-refractivity contribution in [2.24, 2.45) is 0 Å². The van der Waals surface area contributed by atoms with Gasteiger partial charge in [0.05, 0.1) is 28.5 Å². The summed E-state index contributed by atoms with van der Waals surface area (Å²) in [6.07, 6.45) is 10.6. The molecule has 8 heteroatoms. The van der Waals surface area contributed by atoms with Gasteiger partial charge in [-0.1, -0.05) is 29.8 Å². The summed E-state index contributed by atoms with van der Waals surface area (Å²) in [5.74, 6) is 0.0604. The van der Waals surface area contributed by atoms with Crippen LogP contribution < -0.4 is 15.0 Å². The Bertz CT molecular complexity index is 1440. The molecule has 0 saturated carbocycles. The molecule has 0 radical (unpaired) electrons. The number of ether oxygens (including phenoxy) is 1. The molecule has 40 heavy (non-hydrogen) atoms. The highest BCUT2D eigenvalue weighted by molar-refractivity contribution is 6.36. The standard InChI is InChI=1S/C32H37ClFN5O/c33-29-25(34)9-6-20-4-1-5-27(28(20)29)38-15-10-24-26(18-38)36-31(40-19-32-11-2-13-39(32)14-3-12-32)37-30(24)21-16-22-7-8-23(17-21)35-22/h1,4-6,9,21-23,35H,2-3,7-8,10-19H2/t21-,22-,23+. The van der Waals surface area contributed by atoms with Gasteiger partial charge < -0.3 is 15.0 Å². The Labute approximate surface area is 240 Å². The number of anilines is 1. The normalized spacial score (nSPS) is 27.2. The summed E-state index contributed by atoms with van der Waals surface area (Å²) in [6.45, 7) is 4.50. The number of benzene rings is 2. The average Bonchev–Trinajstić information content (AvgIpc) is 3.66. The molecule has 4 fully saturated rings. The monoisotopic (exact) mass is 561 g/mol. The molecule has 2 aromatic carbocycles. The van der Waals surface area contributed by atoms with Gasteiger partial charge in [-0.25, -0.2) is 4.39 Å². The number of nitrogens with zero attached hydrogens (tertiary/aromatic N) is 4. The summed E-state index contributed by atoms with van der Waals surface area (Å²) >= 11 is 6.53. The first-order chi connectivity index (χ1) is 19.6. The number of fused-ring (bicyclic) bond motifs is 5. The van der Waals surface area contributed by atoms with Crippen LogP contribution in [-0.4, -0.2) is 58.7 Å². The Balaban J connectivity index is 1.15. The predicted octanol–water partition coefficient (Wildman–Crippen LogP) is 5.99. The van der Waals surface area contributed by atoms with Gasteiger partial charge in [-0.3, -0.25) is 4.90 Å². The summed E-state index contributed by atoms with van der Waals surface area (Å²) in [5, 5.41) is 5.70. The van der Waals surface area contributed by atoms with E-state index in [4.69, 9.17) is 26.3 Å². The van der Waals surface area contributed by atoms with Gasteiger partial charge in [0.2, 0.25) is 0 Å². The highest BCUT2D eigenvalue weighted by atomic mass is 35.5. The Morgan fingerprint density at radius 3 is 2.62 bits per heavy atom. The molecule has 3 aromatic rings. The van der Waals surface area contributed by atoms with Gasteiger partial charge in [-0.05, 0) is 94.0 Å². The zero-order valence-corrected chi connectivity index (χ0v) is 23.7. The first-order valence-corrected chi connectivity index (χ1v) is 15.6. The van der Waals surface area contributed by atoms with Gasteiger partial charge in [0, 0.05) is 35.6 Å². The van der Waals surface area contributed by atoms with E-state index in [0.717, 1.165) is 48.0 Å². The summed E-state index contributed by atoms with van der Waals surface area (Å²) in [6, 6.07) is 11.1. The molecule has 0 spiro atoms. The van der Waals surface area contributed by atoms with Crippen molar-refractivity contribution in [3.63, 3.8) is 0 Å². The zero-order chi connectivity index (χ0) is 26.8. The van der Waals surface area contributed by atoms with E-state index in [-0.39, 0.29) is 16.4 Å². The molecule has 3 atom stereocenters. The van der Waals surface area contributed by atoms with Crippen LogP contribution in [0, 0.1) is 5.82 Å². The largest absolute Gasteiger partial charge is 0.461 e. The lowest BCUT2D eigenvalue weighted by Gasteiger charge is -2.35. The number of piperidine rings is 1. The highest BCUT2D eigenvalue weighted by Gasteiger charge is 2.45. The second-order valence-electron chi connectivity index (χ2n) is 12.7. The number of rotatable bonds is 5. The van der Waals surface area contributed by atoms with Gasteiger partial charge in [-0.15, -0.1) is 0 Å². The van der Waals surface area contributed by atoms with Crippen molar-refractivity contribution in [3.8, 4) is 6.01 Å². The summed E-state index contributed by atoms with van der Waals surface area (Å²) in [7, 11) is 0. The third-order valence-electron chi connectivity index (χ3n) is 10.5. The summed E-state index contributed by atoms with van der Waals surface area (Å²) in [4.78, 5) is 15.2. The molecule has 2 bridgehead atoms. The summed E-state index contributed by atoms with van der Waals surface area (Å²) < 4.78 is 21.1. The van der Waals surface area contributed by atoms with Gasteiger partial charge in [0.25, 0.3) is 0 Å². The molecule has 1 aromatic heterocycles. The van der Waals surface area contributed by atoms with E-state index in [0.29, 0.717) is 37.2 Å². The van der Waals surface area contributed by atoms with Crippen LogP contribution in [0.25, 0.3) is 10.8 Å². The molecule has 6 heterocycles. The van der Waals surface area contributed by atoms with E-state index in [1.807, 2.05) is 18.2 Å². The van der Waals surface area contributed by atoms with Crippen molar-refractivity contribution in [1.82, 2.24) is 20.2 Å². The minimum absolute atomic E-state index is 0.156. The maximum absolute atomic E-state index is 14.5. The molecule has 6 nitrogen and oxygen atoms in total. The van der Waals surface area contributed by atoms with Crippen molar-refractivity contribution in [1.29, 1.82) is 0 Å². The molecule has 210 valence electrons. The van der Waals surface area contributed by atoms with E-state index in [9.17, 15) is 4.39 Å². The van der Waals surface area contributed by atoms with Crippen molar-refractivity contribution in [2.75, 3.05) is 31.1 Å². The molecule has 0 amide bonds. The number of halogens is 2. The lowest BCUT2D eigenvalue weighted by Crippen LogP contribution is -2.43. The second-order valence-corrected chi connectivity index (χ2v) is 13.1. The topological polar surface area (TPSA) is 53.5 Å². The second kappa shape index (κ2) is 9.81. The minimum Gasteiger partial charge on any atom is -0.461 e. The lowest BCUT2D eigenvalue weighted by atomic mass is 9.85. The van der Waals surface area contributed by atoms with Crippen molar-refractivity contribution >= 4 is 28.1 Å². The van der Waals surface area contributed by atoms with Crippen LogP contribution in [0.5, 0.6) is 6.01 Å². The molecule has 0 unspecified atom stereocenters. The van der Waals surface area contributed by atoms with Crippen LogP contribution in [0.15, 0.2) is 30.3 Å². The Kier molecular flexibility index (Phi) is 6.19. The first kappa shape index (κ1) is 25.2. The SMILES string of the molecule is Fc1ccc2cccc(N3CCc4c(nc(OCC56CCCN5CCC6)nc4[C@@H]4C[C@H]5CC[C@@H](C4)N5)C3)c2c1Cl. The van der Waals surface area contributed by atoms with Crippen LogP contribution in [-0.2, 0) is 13.0 Å². The maximum atomic E-state index is 14.5. The number of nitrogens with one attached hydrogen (secondary N) is 1. The number of aromatic nitrogens is 2. The van der Waals surface area contributed by atoms with Crippen LogP contribution in [0.3, 0.4) is 0 Å². The van der Waals surface area contributed by atoms with E-state index >= 15 is 0 Å². The lowest BCUT2D eigenvalue weighted by molar-refractivity contribution is 0.107. The fourth-order valence-corrected chi connectivity index (χ4v) is 8.81. The third-order valence-corrected chi connectivity index (χ3v) is 10.8. The van der Waals surface area contributed by atoms with Crippen LogP contribution in [0.1, 0.15) is 74.2 Å². The smallest absolute Gasteiger partial charge is 0.316 e. The molecule has 5 aliphatic heterocycles. The molecular formula is C32H37ClFN5O. The quantitative estimate of drug-likeness (QED) is 0.413. The first-order valence-electron chi connectivity index (χ1n) is 15.2. The van der Waals surface area contributed by atoms with Gasteiger partial charge >= 0.3 is 6.01 Å². The molecular weight excluding hydrogens is 525 g/mol. The summed E-state index contributed by atoms with van der Waals surface area (Å²) in [5.41, 5.74) is 4.68. The molecule has 0 aliphatic carbocycles. The Morgan fingerprint density at radius 2 is 1.82 bits per heavy atom. The maximum Gasteiger partial charge on any atom is 0.316 e. The molecule has 4 saturated heterocycles. The van der Waals surface area contributed by atoms with E-state index < -0.39 is 0 Å². The van der Waals surface area contributed by atoms with Crippen molar-refractivity contribution in [2.45, 2.75) is 87.9 Å². The van der Waals surface area contributed by atoms with Crippen LogP contribution in [0.2, 0.25) is 5.02 Å². The molecule has 8 rings (SSSR count). The number of hydrogen-bond acceptors (Lipinski definition) is 6. The molecule has 5 aliphatic rings. The van der Waals surface area contributed by atoms with Gasteiger partial charge in [0.1, 0.15) is 12.4 Å². The fraction of sp³-hybridized carbons (Fsp3) is 0.562. The number of hydrogen-bond donors (Lipinski definition) is 1. The van der Waals surface area contributed by atoms with E-state index in [1.54, 1.807) is 0 Å². The van der Waals surface area contributed by atoms with Gasteiger partial charge in [0.15, 0.2) is 0 Å². The minimum atomic E-state index is -0.382. The Hall–Kier alpha value is -2.48. The molecule has 1 N–H and O–H groups in total. The van der Waals surface area contributed by atoms with Crippen LogP contribution in [0.4, 0.5) is 10.1 Å². The van der Waals surface area contributed by atoms with E-state index in [2.05, 4.69) is 21.2 Å². The van der Waals surface area contributed by atoms with Crippen molar-refractivity contribution in [3.05, 3.63) is 58.1 Å². The Morgan fingerprint density at radius 1 is 1.02 bits per heavy atom.